The van der Waals surface area contributed by atoms with Crippen LogP contribution in [0.15, 0.2) is 24.4 Å². The first-order chi connectivity index (χ1) is 14.2. The Bertz CT molecular complexity index is 1050. The van der Waals surface area contributed by atoms with Gasteiger partial charge in [-0.3, -0.25) is 4.90 Å². The number of hydrogen-bond donors (Lipinski definition) is 1. The van der Waals surface area contributed by atoms with Crippen LogP contribution in [0.5, 0.6) is 0 Å². The van der Waals surface area contributed by atoms with Gasteiger partial charge < -0.3 is 10.1 Å². The van der Waals surface area contributed by atoms with E-state index < -0.39 is 17.0 Å². The molecule has 0 spiro atoms. The fourth-order valence-electron chi connectivity index (χ4n) is 3.51. The van der Waals surface area contributed by atoms with Crippen molar-refractivity contribution in [2.24, 2.45) is 0 Å². The number of benzene rings is 1. The molecule has 1 fully saturated rings. The molecule has 160 valence electrons. The molecule has 2 atom stereocenters. The summed E-state index contributed by atoms with van der Waals surface area (Å²) in [7, 11) is 0. The lowest BCUT2D eigenvalue weighted by Gasteiger charge is -2.34. The van der Waals surface area contributed by atoms with Crippen LogP contribution < -0.4 is 5.32 Å². The van der Waals surface area contributed by atoms with Crippen molar-refractivity contribution in [1.82, 2.24) is 19.9 Å². The Morgan fingerprint density at radius 3 is 2.60 bits per heavy atom. The van der Waals surface area contributed by atoms with Gasteiger partial charge >= 0.3 is 6.18 Å². The third kappa shape index (κ3) is 4.68. The second-order valence-electron chi connectivity index (χ2n) is 7.25. The van der Waals surface area contributed by atoms with E-state index in [4.69, 9.17) is 4.74 Å². The second-order valence-corrected chi connectivity index (χ2v) is 8.28. The van der Waals surface area contributed by atoms with Gasteiger partial charge in [-0.25, -0.2) is 19.3 Å². The van der Waals surface area contributed by atoms with Crippen LogP contribution in [0, 0.1) is 5.82 Å². The molecule has 2 aromatic heterocycles. The van der Waals surface area contributed by atoms with Crippen molar-refractivity contribution in [3.05, 3.63) is 41.0 Å². The zero-order valence-corrected chi connectivity index (χ0v) is 17.0. The number of morpholine rings is 1. The first kappa shape index (κ1) is 20.9. The molecule has 4 rings (SSSR count). The summed E-state index contributed by atoms with van der Waals surface area (Å²) in [6, 6.07) is 4.04. The lowest BCUT2D eigenvalue weighted by Crippen LogP contribution is -2.45. The molecule has 0 saturated carbocycles. The highest BCUT2D eigenvalue weighted by Gasteiger charge is 2.34. The summed E-state index contributed by atoms with van der Waals surface area (Å²) >= 11 is 0.480. The Kier molecular flexibility index (Phi) is 5.60. The van der Waals surface area contributed by atoms with Gasteiger partial charge in [-0.2, -0.15) is 13.2 Å². The fraction of sp³-hybridized carbons (Fsp3) is 0.421. The number of nitrogens with zero attached hydrogens (tertiary/aromatic N) is 4. The molecule has 1 N–H and O–H groups in total. The average Bonchev–Trinajstić information content (AvgIpc) is 3.09. The minimum atomic E-state index is -4.52. The van der Waals surface area contributed by atoms with E-state index in [2.05, 4.69) is 25.2 Å². The monoisotopic (exact) mass is 441 g/mol. The van der Waals surface area contributed by atoms with Gasteiger partial charge in [0.2, 0.25) is 0 Å². The molecule has 1 unspecified atom stereocenters. The van der Waals surface area contributed by atoms with Gasteiger partial charge in [-0.15, -0.1) is 0 Å². The summed E-state index contributed by atoms with van der Waals surface area (Å²) in [6.45, 7) is 5.77. The highest BCUT2D eigenvalue weighted by molar-refractivity contribution is 7.15. The molecule has 0 radical (unpaired) electrons. The number of aromatic nitrogens is 3. The molecular weight excluding hydrogens is 422 g/mol. The van der Waals surface area contributed by atoms with Crippen molar-refractivity contribution >= 4 is 33.1 Å². The number of nitrogens with one attached hydrogen (secondary N) is 1. The zero-order valence-electron chi connectivity index (χ0n) is 16.2. The van der Waals surface area contributed by atoms with Gasteiger partial charge in [0.1, 0.15) is 22.5 Å². The van der Waals surface area contributed by atoms with Gasteiger partial charge in [-0.1, -0.05) is 11.3 Å². The maximum absolute atomic E-state index is 13.8. The maximum Gasteiger partial charge on any atom is 0.443 e. The smallest absolute Gasteiger partial charge is 0.373 e. The summed E-state index contributed by atoms with van der Waals surface area (Å²) in [5.41, 5.74) is 0.373. The van der Waals surface area contributed by atoms with E-state index in [1.807, 2.05) is 13.8 Å². The third-order valence-electron chi connectivity index (χ3n) is 4.56. The Labute approximate surface area is 173 Å². The number of fused-ring (bicyclic) bond motifs is 1. The second kappa shape index (κ2) is 8.05. The van der Waals surface area contributed by atoms with Crippen molar-refractivity contribution in [3.63, 3.8) is 0 Å². The number of thiazole rings is 1. The molecule has 0 bridgehead atoms. The van der Waals surface area contributed by atoms with E-state index in [-0.39, 0.29) is 17.2 Å². The molecule has 0 aliphatic carbocycles. The number of alkyl halides is 3. The molecule has 1 aromatic carbocycles. The first-order valence-electron chi connectivity index (χ1n) is 9.31. The Balaban J connectivity index is 1.66. The van der Waals surface area contributed by atoms with Crippen LogP contribution >= 0.6 is 11.3 Å². The summed E-state index contributed by atoms with van der Waals surface area (Å²) in [5, 5.41) is 2.63. The van der Waals surface area contributed by atoms with Crippen LogP contribution in [0.4, 0.5) is 28.4 Å². The van der Waals surface area contributed by atoms with Gasteiger partial charge in [0, 0.05) is 24.5 Å². The van der Waals surface area contributed by atoms with E-state index in [0.717, 1.165) is 6.20 Å². The molecule has 11 heteroatoms. The molecule has 1 aliphatic heterocycles. The molecule has 30 heavy (non-hydrogen) atoms. The van der Waals surface area contributed by atoms with Gasteiger partial charge in [0.15, 0.2) is 5.01 Å². The molecule has 1 aliphatic rings. The quantitative estimate of drug-likeness (QED) is 0.598. The number of hydrogen-bond acceptors (Lipinski definition) is 7. The predicted octanol–water partition coefficient (Wildman–Crippen LogP) is 4.60. The SMILES string of the molecule is CC1CN(Cc2nc(Nc3cnc(C(F)(F)F)s3)c3ccc(F)cc3n2)C[C@@H](C)O1. The summed E-state index contributed by atoms with van der Waals surface area (Å²) in [6.07, 6.45) is -3.30. The Morgan fingerprint density at radius 2 is 1.93 bits per heavy atom. The van der Waals surface area contributed by atoms with Gasteiger partial charge in [-0.05, 0) is 26.0 Å². The fourth-order valence-corrected chi connectivity index (χ4v) is 4.19. The lowest BCUT2D eigenvalue weighted by atomic mass is 10.2. The molecule has 0 amide bonds. The third-order valence-corrected chi connectivity index (χ3v) is 5.51. The van der Waals surface area contributed by atoms with Crippen LogP contribution in [-0.2, 0) is 17.5 Å². The number of anilines is 2. The summed E-state index contributed by atoms with van der Waals surface area (Å²) in [4.78, 5) is 14.5. The van der Waals surface area contributed by atoms with Gasteiger partial charge in [0.25, 0.3) is 0 Å². The molecule has 1 saturated heterocycles. The molecule has 3 heterocycles. The topological polar surface area (TPSA) is 63.2 Å². The molecule has 3 aromatic rings. The van der Waals surface area contributed by atoms with Gasteiger partial charge in [0.05, 0.1) is 30.5 Å². The van der Waals surface area contributed by atoms with Crippen molar-refractivity contribution in [2.45, 2.75) is 38.8 Å². The standard InChI is InChI=1S/C19H19F4N5OS/c1-10-7-28(8-11(2)29-10)9-15-25-14-5-12(20)3-4-13(14)17(26-15)27-16-6-24-18(30-16)19(21,22)23/h3-6,10-11H,7-9H2,1-2H3,(H,25,26,27)/t10-,11?/m1/s1. The largest absolute Gasteiger partial charge is 0.443 e. The highest BCUT2D eigenvalue weighted by atomic mass is 32.1. The number of rotatable bonds is 4. The maximum atomic E-state index is 13.8. The predicted molar refractivity (Wildman–Crippen MR) is 105 cm³/mol. The number of ether oxygens (including phenoxy) is 1. The molecular formula is C19H19F4N5OS. The average molecular weight is 441 g/mol. The zero-order chi connectivity index (χ0) is 21.5. The molecule has 6 nitrogen and oxygen atoms in total. The summed E-state index contributed by atoms with van der Waals surface area (Å²) in [5.74, 6) is 0.294. The van der Waals surface area contributed by atoms with Crippen LogP contribution in [0.2, 0.25) is 0 Å². The van der Waals surface area contributed by atoms with E-state index in [1.54, 1.807) is 0 Å². The van der Waals surface area contributed by atoms with Crippen LogP contribution in [0.1, 0.15) is 24.7 Å². The van der Waals surface area contributed by atoms with Crippen molar-refractivity contribution in [3.8, 4) is 0 Å². The van der Waals surface area contributed by atoms with E-state index in [1.165, 1.54) is 18.2 Å². The van der Waals surface area contributed by atoms with Crippen LogP contribution in [0.25, 0.3) is 10.9 Å². The minimum absolute atomic E-state index is 0.0576. The Hall–Kier alpha value is -2.37. The highest BCUT2D eigenvalue weighted by Crippen LogP contribution is 2.36. The first-order valence-corrected chi connectivity index (χ1v) is 10.1. The van der Waals surface area contributed by atoms with E-state index in [9.17, 15) is 17.6 Å². The lowest BCUT2D eigenvalue weighted by molar-refractivity contribution is -0.137. The van der Waals surface area contributed by atoms with Crippen molar-refractivity contribution < 1.29 is 22.3 Å². The Morgan fingerprint density at radius 1 is 1.20 bits per heavy atom. The van der Waals surface area contributed by atoms with E-state index >= 15 is 0 Å². The minimum Gasteiger partial charge on any atom is -0.373 e. The van der Waals surface area contributed by atoms with Crippen LogP contribution in [0.3, 0.4) is 0 Å². The van der Waals surface area contributed by atoms with Crippen molar-refractivity contribution in [1.29, 1.82) is 0 Å². The van der Waals surface area contributed by atoms with Crippen molar-refractivity contribution in [2.75, 3.05) is 18.4 Å². The normalized spacial score (nSPS) is 20.6. The summed E-state index contributed by atoms with van der Waals surface area (Å²) < 4.78 is 58.1. The number of halogens is 4. The van der Waals surface area contributed by atoms with E-state index in [0.29, 0.717) is 53.5 Å². The van der Waals surface area contributed by atoms with Crippen LogP contribution in [-0.4, -0.2) is 45.1 Å².